The van der Waals surface area contributed by atoms with E-state index in [1.807, 2.05) is 32.0 Å². The minimum Gasteiger partial charge on any atom is -0.324 e. The molecular formula is C22H20N4S. The van der Waals surface area contributed by atoms with Gasteiger partial charge in [0.25, 0.3) is 0 Å². The number of nitrogens with one attached hydrogen (secondary N) is 1. The van der Waals surface area contributed by atoms with Crippen molar-refractivity contribution in [1.82, 2.24) is 15.0 Å². The van der Waals surface area contributed by atoms with E-state index in [9.17, 15) is 0 Å². The number of thiazole rings is 1. The molecule has 0 spiro atoms. The molecule has 1 N–H and O–H groups in total. The second-order valence-electron chi connectivity index (χ2n) is 6.53. The van der Waals surface area contributed by atoms with Gasteiger partial charge in [0.2, 0.25) is 5.95 Å². The van der Waals surface area contributed by atoms with Gasteiger partial charge in [0.05, 0.1) is 5.69 Å². The Morgan fingerprint density at radius 3 is 2.22 bits per heavy atom. The Morgan fingerprint density at radius 1 is 0.815 bits per heavy atom. The first-order valence-electron chi connectivity index (χ1n) is 8.80. The Morgan fingerprint density at radius 2 is 1.52 bits per heavy atom. The summed E-state index contributed by atoms with van der Waals surface area (Å²) >= 11 is 1.67. The normalized spacial score (nSPS) is 10.8. The summed E-state index contributed by atoms with van der Waals surface area (Å²) in [6.07, 6.45) is 0. The quantitative estimate of drug-likeness (QED) is 0.482. The van der Waals surface area contributed by atoms with E-state index in [2.05, 4.69) is 64.0 Å². The average Bonchev–Trinajstić information content (AvgIpc) is 3.12. The van der Waals surface area contributed by atoms with Crippen LogP contribution in [0, 0.1) is 20.8 Å². The second-order valence-corrected chi connectivity index (χ2v) is 7.39. The largest absolute Gasteiger partial charge is 0.324 e. The molecule has 2 aromatic heterocycles. The number of aryl methyl sites for hydroxylation is 3. The van der Waals surface area contributed by atoms with Crippen LogP contribution in [0.2, 0.25) is 0 Å². The van der Waals surface area contributed by atoms with Crippen molar-refractivity contribution in [2.75, 3.05) is 5.32 Å². The van der Waals surface area contributed by atoms with Crippen LogP contribution >= 0.6 is 11.3 Å². The molecule has 2 heterocycles. The van der Waals surface area contributed by atoms with E-state index in [1.165, 1.54) is 11.1 Å². The fourth-order valence-electron chi connectivity index (χ4n) is 2.98. The first kappa shape index (κ1) is 17.4. The molecule has 2 aromatic carbocycles. The molecule has 0 aliphatic heterocycles. The maximum atomic E-state index is 4.82. The Balaban J connectivity index is 1.55. The molecule has 27 heavy (non-hydrogen) atoms. The SMILES string of the molecule is Cc1cc(C)nc(Nc2ccc(-c3csc(-c4ccccc4C)n3)cc2)n1. The molecule has 5 heteroatoms. The molecule has 0 unspecified atom stereocenters. The van der Waals surface area contributed by atoms with E-state index in [-0.39, 0.29) is 0 Å². The number of hydrogen-bond acceptors (Lipinski definition) is 5. The van der Waals surface area contributed by atoms with E-state index < -0.39 is 0 Å². The lowest BCUT2D eigenvalue weighted by molar-refractivity contribution is 1.06. The van der Waals surface area contributed by atoms with Crippen LogP contribution in [0.3, 0.4) is 0 Å². The lowest BCUT2D eigenvalue weighted by Crippen LogP contribution is -1.99. The van der Waals surface area contributed by atoms with Crippen molar-refractivity contribution in [3.63, 3.8) is 0 Å². The summed E-state index contributed by atoms with van der Waals surface area (Å²) in [5.41, 5.74) is 7.38. The van der Waals surface area contributed by atoms with Gasteiger partial charge in [-0.1, -0.05) is 36.4 Å². The van der Waals surface area contributed by atoms with Crippen LogP contribution in [0.15, 0.2) is 60.0 Å². The van der Waals surface area contributed by atoms with E-state index in [1.54, 1.807) is 11.3 Å². The first-order chi connectivity index (χ1) is 13.1. The topological polar surface area (TPSA) is 50.7 Å². The van der Waals surface area contributed by atoms with Gasteiger partial charge in [-0.3, -0.25) is 0 Å². The van der Waals surface area contributed by atoms with Gasteiger partial charge >= 0.3 is 0 Å². The van der Waals surface area contributed by atoms with Crippen LogP contribution < -0.4 is 5.32 Å². The molecule has 0 atom stereocenters. The minimum atomic E-state index is 0.621. The third-order valence-electron chi connectivity index (χ3n) is 4.30. The molecule has 4 aromatic rings. The zero-order valence-electron chi connectivity index (χ0n) is 15.5. The van der Waals surface area contributed by atoms with Crippen LogP contribution in [-0.2, 0) is 0 Å². The van der Waals surface area contributed by atoms with Gasteiger partial charge < -0.3 is 5.32 Å². The van der Waals surface area contributed by atoms with Gasteiger partial charge in [0, 0.05) is 33.6 Å². The van der Waals surface area contributed by atoms with E-state index in [0.29, 0.717) is 5.95 Å². The van der Waals surface area contributed by atoms with Crippen molar-refractivity contribution in [1.29, 1.82) is 0 Å². The van der Waals surface area contributed by atoms with Gasteiger partial charge in [0.15, 0.2) is 0 Å². The molecule has 0 saturated heterocycles. The van der Waals surface area contributed by atoms with Crippen LogP contribution in [0.25, 0.3) is 21.8 Å². The minimum absolute atomic E-state index is 0.621. The maximum absolute atomic E-state index is 4.82. The van der Waals surface area contributed by atoms with Crippen molar-refractivity contribution in [2.24, 2.45) is 0 Å². The van der Waals surface area contributed by atoms with Gasteiger partial charge in [-0.05, 0) is 44.5 Å². The monoisotopic (exact) mass is 372 g/mol. The lowest BCUT2D eigenvalue weighted by atomic mass is 10.1. The smallest absolute Gasteiger partial charge is 0.227 e. The van der Waals surface area contributed by atoms with Crippen LogP contribution in [0.5, 0.6) is 0 Å². The zero-order valence-corrected chi connectivity index (χ0v) is 16.3. The summed E-state index contributed by atoms with van der Waals surface area (Å²) in [6.45, 7) is 6.06. The third kappa shape index (κ3) is 3.88. The highest BCUT2D eigenvalue weighted by Crippen LogP contribution is 2.31. The van der Waals surface area contributed by atoms with E-state index >= 15 is 0 Å². The summed E-state index contributed by atoms with van der Waals surface area (Å²) in [5.74, 6) is 0.621. The van der Waals surface area contributed by atoms with Crippen LogP contribution in [-0.4, -0.2) is 15.0 Å². The fourth-order valence-corrected chi connectivity index (χ4v) is 3.90. The van der Waals surface area contributed by atoms with Crippen molar-refractivity contribution >= 4 is 23.0 Å². The summed E-state index contributed by atoms with van der Waals surface area (Å²) in [5, 5.41) is 6.42. The van der Waals surface area contributed by atoms with Crippen LogP contribution in [0.1, 0.15) is 17.0 Å². The van der Waals surface area contributed by atoms with Crippen molar-refractivity contribution in [3.8, 4) is 21.8 Å². The fraction of sp³-hybridized carbons (Fsp3) is 0.136. The number of benzene rings is 2. The third-order valence-corrected chi connectivity index (χ3v) is 5.17. The first-order valence-corrected chi connectivity index (χ1v) is 9.68. The van der Waals surface area contributed by atoms with Crippen molar-refractivity contribution < 1.29 is 0 Å². The molecule has 0 amide bonds. The number of anilines is 2. The Hall–Kier alpha value is -3.05. The Bertz CT molecular complexity index is 1060. The van der Waals surface area contributed by atoms with Crippen molar-refractivity contribution in [3.05, 3.63) is 76.9 Å². The van der Waals surface area contributed by atoms with Crippen molar-refractivity contribution in [2.45, 2.75) is 20.8 Å². The molecule has 134 valence electrons. The van der Waals surface area contributed by atoms with Crippen LogP contribution in [0.4, 0.5) is 11.6 Å². The average molecular weight is 372 g/mol. The predicted octanol–water partition coefficient (Wildman–Crippen LogP) is 5.94. The maximum Gasteiger partial charge on any atom is 0.227 e. The number of hydrogen-bond donors (Lipinski definition) is 1. The lowest BCUT2D eigenvalue weighted by Gasteiger charge is -2.07. The molecule has 0 fully saturated rings. The molecular weight excluding hydrogens is 352 g/mol. The molecule has 0 bridgehead atoms. The number of nitrogens with zero attached hydrogens (tertiary/aromatic N) is 3. The van der Waals surface area contributed by atoms with Gasteiger partial charge in [0.1, 0.15) is 5.01 Å². The number of rotatable bonds is 4. The summed E-state index contributed by atoms with van der Waals surface area (Å²) < 4.78 is 0. The van der Waals surface area contributed by atoms with E-state index in [0.717, 1.165) is 33.3 Å². The molecule has 4 rings (SSSR count). The standard InChI is InChI=1S/C22H20N4S/c1-14-6-4-5-7-19(14)21-26-20(13-27-21)17-8-10-18(11-9-17)25-22-23-15(2)12-16(3)24-22/h4-13H,1-3H3,(H,23,24,25). The molecule has 0 aliphatic carbocycles. The molecule has 0 saturated carbocycles. The van der Waals surface area contributed by atoms with E-state index in [4.69, 9.17) is 4.98 Å². The van der Waals surface area contributed by atoms with Gasteiger partial charge in [-0.15, -0.1) is 11.3 Å². The summed E-state index contributed by atoms with van der Waals surface area (Å²) in [6, 6.07) is 18.5. The molecule has 0 radical (unpaired) electrons. The predicted molar refractivity (Wildman–Crippen MR) is 113 cm³/mol. The summed E-state index contributed by atoms with van der Waals surface area (Å²) in [7, 11) is 0. The Kier molecular flexibility index (Phi) is 4.69. The highest BCUT2D eigenvalue weighted by molar-refractivity contribution is 7.13. The Labute approximate surface area is 163 Å². The highest BCUT2D eigenvalue weighted by atomic mass is 32.1. The number of aromatic nitrogens is 3. The highest BCUT2D eigenvalue weighted by Gasteiger charge is 2.09. The van der Waals surface area contributed by atoms with Gasteiger partial charge in [-0.25, -0.2) is 15.0 Å². The zero-order chi connectivity index (χ0) is 18.8. The summed E-state index contributed by atoms with van der Waals surface area (Å²) in [4.78, 5) is 13.7. The molecule has 0 aliphatic rings. The second kappa shape index (κ2) is 7.29. The van der Waals surface area contributed by atoms with Gasteiger partial charge in [-0.2, -0.15) is 0 Å². The molecule has 4 nitrogen and oxygen atoms in total.